The van der Waals surface area contributed by atoms with Crippen LogP contribution in [0, 0.1) is 5.82 Å². The van der Waals surface area contributed by atoms with Gasteiger partial charge in [0.1, 0.15) is 11.5 Å². The van der Waals surface area contributed by atoms with E-state index in [1.165, 1.54) is 35.1 Å². The fourth-order valence-electron chi connectivity index (χ4n) is 4.38. The molecule has 196 valence electrons. The van der Waals surface area contributed by atoms with Crippen LogP contribution in [0.1, 0.15) is 23.8 Å². The molecule has 0 saturated carbocycles. The van der Waals surface area contributed by atoms with Crippen molar-refractivity contribution < 1.29 is 18.7 Å². The Morgan fingerprint density at radius 1 is 0.974 bits per heavy atom. The standard InChI is InChI=1S/C30H24FN3O4S/c1-3-24(27(35)33-30-32-23(17-39-30)18-13-15-20(31)16-14-18)38-29(37)26-25(19-9-5-4-6-10-19)21-11-7-8-12-22(21)28(36)34(26)2/h4-17,24H,3H2,1-2H3,(H,32,33,35). The van der Waals surface area contributed by atoms with Gasteiger partial charge in [-0.05, 0) is 47.7 Å². The Hall–Kier alpha value is -4.63. The molecular weight excluding hydrogens is 517 g/mol. The van der Waals surface area contributed by atoms with Crippen molar-refractivity contribution in [2.75, 3.05) is 5.32 Å². The van der Waals surface area contributed by atoms with Gasteiger partial charge in [-0.2, -0.15) is 0 Å². The van der Waals surface area contributed by atoms with Gasteiger partial charge >= 0.3 is 5.97 Å². The Bertz CT molecular complexity index is 1730. The highest BCUT2D eigenvalue weighted by molar-refractivity contribution is 7.14. The number of anilines is 1. The molecule has 0 aliphatic heterocycles. The molecule has 0 saturated heterocycles. The molecule has 5 aromatic rings. The van der Waals surface area contributed by atoms with Crippen molar-refractivity contribution in [1.82, 2.24) is 9.55 Å². The maximum atomic E-state index is 13.6. The maximum Gasteiger partial charge on any atom is 0.356 e. The summed E-state index contributed by atoms with van der Waals surface area (Å²) < 4.78 is 20.2. The van der Waals surface area contributed by atoms with E-state index in [0.717, 1.165) is 5.56 Å². The van der Waals surface area contributed by atoms with Crippen LogP contribution in [0.15, 0.2) is 89.0 Å². The number of amides is 1. The molecule has 0 spiro atoms. The number of thiazole rings is 1. The molecule has 1 amide bonds. The molecule has 9 heteroatoms. The summed E-state index contributed by atoms with van der Waals surface area (Å²) in [5.41, 5.74) is 2.30. The summed E-state index contributed by atoms with van der Waals surface area (Å²) in [6, 6.07) is 22.2. The van der Waals surface area contributed by atoms with Gasteiger partial charge < -0.3 is 9.30 Å². The SMILES string of the molecule is CCC(OC(=O)c1c(-c2ccccc2)c2ccccc2c(=O)n1C)C(=O)Nc1nc(-c2ccc(F)cc2)cs1. The van der Waals surface area contributed by atoms with E-state index in [2.05, 4.69) is 10.3 Å². The van der Waals surface area contributed by atoms with Crippen LogP contribution in [0.4, 0.5) is 9.52 Å². The van der Waals surface area contributed by atoms with Gasteiger partial charge in [-0.1, -0.05) is 55.5 Å². The van der Waals surface area contributed by atoms with Crippen LogP contribution >= 0.6 is 11.3 Å². The average molecular weight is 542 g/mol. The largest absolute Gasteiger partial charge is 0.448 e. The Kier molecular flexibility index (Phi) is 7.33. The maximum absolute atomic E-state index is 13.6. The first-order valence-corrected chi connectivity index (χ1v) is 13.2. The third kappa shape index (κ3) is 5.21. The molecule has 1 N–H and O–H groups in total. The van der Waals surface area contributed by atoms with E-state index in [1.54, 1.807) is 48.7 Å². The molecule has 3 aromatic carbocycles. The zero-order valence-corrected chi connectivity index (χ0v) is 22.0. The van der Waals surface area contributed by atoms with Crippen molar-refractivity contribution in [3.05, 3.63) is 106 Å². The second-order valence-corrected chi connectivity index (χ2v) is 9.69. The molecule has 0 aliphatic rings. The van der Waals surface area contributed by atoms with Gasteiger partial charge in [-0.15, -0.1) is 11.3 Å². The number of aromatic nitrogens is 2. The summed E-state index contributed by atoms with van der Waals surface area (Å²) in [4.78, 5) is 44.2. The molecule has 0 aliphatic carbocycles. The summed E-state index contributed by atoms with van der Waals surface area (Å²) in [7, 11) is 1.52. The number of halogens is 1. The number of rotatable bonds is 7. The number of hydrogen-bond donors (Lipinski definition) is 1. The predicted molar refractivity (Wildman–Crippen MR) is 150 cm³/mol. The normalized spacial score (nSPS) is 11.8. The second-order valence-electron chi connectivity index (χ2n) is 8.84. The van der Waals surface area contributed by atoms with Gasteiger partial charge in [-0.25, -0.2) is 14.2 Å². The lowest BCUT2D eigenvalue weighted by Crippen LogP contribution is -2.34. The molecular formula is C30H24FN3O4S. The van der Waals surface area contributed by atoms with Crippen molar-refractivity contribution >= 4 is 39.1 Å². The minimum absolute atomic E-state index is 0.0593. The number of ether oxygens (including phenoxy) is 1. The van der Waals surface area contributed by atoms with Crippen LogP contribution in [-0.4, -0.2) is 27.5 Å². The van der Waals surface area contributed by atoms with Crippen molar-refractivity contribution in [3.63, 3.8) is 0 Å². The lowest BCUT2D eigenvalue weighted by atomic mass is 9.97. The van der Waals surface area contributed by atoms with Crippen LogP contribution in [0.5, 0.6) is 0 Å². The molecule has 1 unspecified atom stereocenters. The quantitative estimate of drug-likeness (QED) is 0.254. The molecule has 0 fully saturated rings. The van der Waals surface area contributed by atoms with Crippen molar-refractivity contribution in [2.45, 2.75) is 19.4 Å². The number of nitrogens with one attached hydrogen (secondary N) is 1. The first-order valence-electron chi connectivity index (χ1n) is 12.3. The molecule has 2 aromatic heterocycles. The molecule has 39 heavy (non-hydrogen) atoms. The van der Waals surface area contributed by atoms with Crippen molar-refractivity contribution in [3.8, 4) is 22.4 Å². The summed E-state index contributed by atoms with van der Waals surface area (Å²) >= 11 is 1.20. The van der Waals surface area contributed by atoms with E-state index in [9.17, 15) is 18.8 Å². The number of hydrogen-bond acceptors (Lipinski definition) is 6. The number of esters is 1. The lowest BCUT2D eigenvalue weighted by molar-refractivity contribution is -0.124. The number of fused-ring (bicyclic) bond motifs is 1. The third-order valence-electron chi connectivity index (χ3n) is 6.35. The van der Waals surface area contributed by atoms with Crippen LogP contribution in [0.2, 0.25) is 0 Å². The minimum Gasteiger partial charge on any atom is -0.448 e. The van der Waals surface area contributed by atoms with Gasteiger partial charge in [0.25, 0.3) is 11.5 Å². The summed E-state index contributed by atoms with van der Waals surface area (Å²) in [6.07, 6.45) is -0.920. The molecule has 2 heterocycles. The molecule has 0 radical (unpaired) electrons. The summed E-state index contributed by atoms with van der Waals surface area (Å²) in [5, 5.41) is 5.85. The smallest absolute Gasteiger partial charge is 0.356 e. The monoisotopic (exact) mass is 541 g/mol. The zero-order valence-electron chi connectivity index (χ0n) is 21.2. The van der Waals surface area contributed by atoms with E-state index in [0.29, 0.717) is 32.7 Å². The lowest BCUT2D eigenvalue weighted by Gasteiger charge is -2.20. The van der Waals surface area contributed by atoms with Crippen LogP contribution in [-0.2, 0) is 16.6 Å². The number of pyridine rings is 1. The fourth-order valence-corrected chi connectivity index (χ4v) is 5.10. The highest BCUT2D eigenvalue weighted by Gasteiger charge is 2.28. The highest BCUT2D eigenvalue weighted by Crippen LogP contribution is 2.31. The second kappa shape index (κ2) is 11.0. The molecule has 5 rings (SSSR count). The molecule has 0 bridgehead atoms. The zero-order chi connectivity index (χ0) is 27.5. The van der Waals surface area contributed by atoms with E-state index in [4.69, 9.17) is 4.74 Å². The fraction of sp³-hybridized carbons (Fsp3) is 0.133. The van der Waals surface area contributed by atoms with Gasteiger partial charge in [0.05, 0.1) is 5.69 Å². The average Bonchev–Trinajstić information content (AvgIpc) is 3.42. The Morgan fingerprint density at radius 2 is 1.64 bits per heavy atom. The van der Waals surface area contributed by atoms with Gasteiger partial charge in [-0.3, -0.25) is 14.9 Å². The number of carbonyl (C=O) groups excluding carboxylic acids is 2. The highest BCUT2D eigenvalue weighted by atomic mass is 32.1. The van der Waals surface area contributed by atoms with E-state index < -0.39 is 18.0 Å². The summed E-state index contributed by atoms with van der Waals surface area (Å²) in [5.74, 6) is -1.68. The Balaban J connectivity index is 1.44. The van der Waals surface area contributed by atoms with E-state index in [1.807, 2.05) is 30.3 Å². The van der Waals surface area contributed by atoms with Crippen molar-refractivity contribution in [1.29, 1.82) is 0 Å². The van der Waals surface area contributed by atoms with Crippen molar-refractivity contribution in [2.24, 2.45) is 7.05 Å². The van der Waals surface area contributed by atoms with Crippen LogP contribution in [0.3, 0.4) is 0 Å². The predicted octanol–water partition coefficient (Wildman–Crippen LogP) is 6.04. The first kappa shape index (κ1) is 26.0. The molecule has 1 atom stereocenters. The Morgan fingerprint density at radius 3 is 2.33 bits per heavy atom. The van der Waals surface area contributed by atoms with Crippen LogP contribution < -0.4 is 10.9 Å². The van der Waals surface area contributed by atoms with E-state index in [-0.39, 0.29) is 23.5 Å². The van der Waals surface area contributed by atoms with Gasteiger partial charge in [0.15, 0.2) is 11.2 Å². The van der Waals surface area contributed by atoms with Crippen LogP contribution in [0.25, 0.3) is 33.2 Å². The number of carbonyl (C=O) groups is 2. The number of nitrogens with zero attached hydrogens (tertiary/aromatic N) is 2. The molecule has 7 nitrogen and oxygen atoms in total. The third-order valence-corrected chi connectivity index (χ3v) is 7.10. The number of benzene rings is 3. The summed E-state index contributed by atoms with van der Waals surface area (Å²) in [6.45, 7) is 1.72. The van der Waals surface area contributed by atoms with Gasteiger partial charge in [0.2, 0.25) is 0 Å². The minimum atomic E-state index is -1.12. The Labute approximate surface area is 227 Å². The topological polar surface area (TPSA) is 90.3 Å². The van der Waals surface area contributed by atoms with E-state index >= 15 is 0 Å². The van der Waals surface area contributed by atoms with Gasteiger partial charge in [0, 0.05) is 28.9 Å². The first-order chi connectivity index (χ1) is 18.9.